The van der Waals surface area contributed by atoms with Gasteiger partial charge < -0.3 is 5.32 Å². The first-order valence-corrected chi connectivity index (χ1v) is 11.8. The minimum Gasteiger partial charge on any atom is -0.326 e. The molecule has 29 heavy (non-hydrogen) atoms. The summed E-state index contributed by atoms with van der Waals surface area (Å²) >= 11 is 0. The predicted octanol–water partition coefficient (Wildman–Crippen LogP) is 4.30. The number of rotatable bonds is 6. The van der Waals surface area contributed by atoms with Crippen LogP contribution in [-0.2, 0) is 20.6 Å². The fraction of sp³-hybridized carbons (Fsp3) is 0.435. The van der Waals surface area contributed by atoms with Gasteiger partial charge in [-0.3, -0.25) is 4.79 Å². The Hall–Kier alpha value is -2.18. The molecule has 1 amide bonds. The second-order valence-electron chi connectivity index (χ2n) is 8.15. The fourth-order valence-electron chi connectivity index (χ4n) is 3.85. The molecule has 3 rings (SSSR count). The maximum Gasteiger partial charge on any atom is 0.227 e. The number of hydrogen-bond acceptors (Lipinski definition) is 3. The molecule has 0 aromatic heterocycles. The van der Waals surface area contributed by atoms with Gasteiger partial charge in [-0.15, -0.1) is 0 Å². The number of carbonyl (C=O) groups excluding carboxylic acids is 1. The molecule has 6 heteroatoms. The third kappa shape index (κ3) is 5.46. The van der Waals surface area contributed by atoms with E-state index in [1.165, 1.54) is 4.31 Å². The Bertz CT molecular complexity index is 962. The Balaban J connectivity index is 1.59. The third-order valence-electron chi connectivity index (χ3n) is 5.49. The first-order chi connectivity index (χ1) is 13.8. The summed E-state index contributed by atoms with van der Waals surface area (Å²) in [5, 5.41) is 3.05. The Morgan fingerprint density at radius 3 is 2.45 bits per heavy atom. The summed E-state index contributed by atoms with van der Waals surface area (Å²) in [6.45, 7) is 6.93. The van der Waals surface area contributed by atoms with Gasteiger partial charge in [-0.2, -0.15) is 0 Å². The van der Waals surface area contributed by atoms with Gasteiger partial charge in [-0.25, -0.2) is 12.7 Å². The van der Waals surface area contributed by atoms with Gasteiger partial charge in [0.25, 0.3) is 0 Å². The van der Waals surface area contributed by atoms with Crippen molar-refractivity contribution in [1.29, 1.82) is 0 Å². The highest BCUT2D eigenvalue weighted by Gasteiger charge is 2.31. The number of piperidine rings is 1. The molecule has 0 atom stereocenters. The lowest BCUT2D eigenvalue weighted by molar-refractivity contribution is -0.120. The molecule has 1 N–H and O–H groups in total. The number of para-hydroxylation sites is 1. The molecule has 1 fully saturated rings. The van der Waals surface area contributed by atoms with E-state index in [4.69, 9.17) is 0 Å². The smallest absolute Gasteiger partial charge is 0.227 e. The second-order valence-corrected chi connectivity index (χ2v) is 10.1. The molecule has 0 bridgehead atoms. The molecular formula is C23H30N2O3S. The molecule has 0 saturated carbocycles. The lowest BCUT2D eigenvalue weighted by Gasteiger charge is -2.30. The van der Waals surface area contributed by atoms with Crippen molar-refractivity contribution in [3.05, 3.63) is 65.2 Å². The summed E-state index contributed by atoms with van der Waals surface area (Å²) in [5.74, 6) is 0.141. The van der Waals surface area contributed by atoms with Crippen molar-refractivity contribution in [2.45, 2.75) is 45.3 Å². The first kappa shape index (κ1) is 21.5. The molecule has 1 aliphatic rings. The van der Waals surface area contributed by atoms with Crippen LogP contribution in [0.5, 0.6) is 0 Å². The molecule has 2 aromatic rings. The molecular weight excluding hydrogens is 384 g/mol. The molecule has 0 unspecified atom stereocenters. The zero-order chi connectivity index (χ0) is 21.0. The zero-order valence-corrected chi connectivity index (χ0v) is 18.2. The standard InChI is InChI=1S/C23H30N2O3S/c1-17(2)21-9-4-5-10-22(21)24-23(26)20-11-13-25(14-12-20)29(27,28)16-19-8-6-7-18(3)15-19/h4-10,15,17,20H,11-14,16H2,1-3H3,(H,24,26). The number of nitrogens with zero attached hydrogens (tertiary/aromatic N) is 1. The minimum atomic E-state index is -3.38. The van der Waals surface area contributed by atoms with Crippen LogP contribution in [0, 0.1) is 12.8 Å². The maximum atomic E-state index is 12.8. The Labute approximate surface area is 174 Å². The van der Waals surface area contributed by atoms with E-state index in [1.54, 1.807) is 0 Å². The molecule has 1 aliphatic heterocycles. The number of nitrogens with one attached hydrogen (secondary N) is 1. The summed E-state index contributed by atoms with van der Waals surface area (Å²) in [5.41, 5.74) is 3.81. The van der Waals surface area contributed by atoms with E-state index in [2.05, 4.69) is 19.2 Å². The van der Waals surface area contributed by atoms with Gasteiger partial charge in [0.1, 0.15) is 0 Å². The van der Waals surface area contributed by atoms with E-state index in [0.29, 0.717) is 31.8 Å². The van der Waals surface area contributed by atoms with Crippen LogP contribution in [0.4, 0.5) is 5.69 Å². The molecule has 2 aromatic carbocycles. The summed E-state index contributed by atoms with van der Waals surface area (Å²) in [4.78, 5) is 12.7. The number of benzene rings is 2. The SMILES string of the molecule is Cc1cccc(CS(=O)(=O)N2CCC(C(=O)Nc3ccccc3C(C)C)CC2)c1. The Morgan fingerprint density at radius 2 is 1.79 bits per heavy atom. The van der Waals surface area contributed by atoms with Gasteiger partial charge in [0.2, 0.25) is 15.9 Å². The van der Waals surface area contributed by atoms with Crippen LogP contribution in [0.25, 0.3) is 0 Å². The van der Waals surface area contributed by atoms with Crippen molar-refractivity contribution in [2.75, 3.05) is 18.4 Å². The van der Waals surface area contributed by atoms with Crippen LogP contribution >= 0.6 is 0 Å². The van der Waals surface area contributed by atoms with E-state index >= 15 is 0 Å². The molecule has 1 saturated heterocycles. The van der Waals surface area contributed by atoms with E-state index in [0.717, 1.165) is 22.4 Å². The van der Waals surface area contributed by atoms with Crippen LogP contribution in [0.2, 0.25) is 0 Å². The first-order valence-electron chi connectivity index (χ1n) is 10.2. The quantitative estimate of drug-likeness (QED) is 0.766. The van der Waals surface area contributed by atoms with Gasteiger partial charge in [-0.05, 0) is 42.9 Å². The Morgan fingerprint density at radius 1 is 1.10 bits per heavy atom. The van der Waals surface area contributed by atoms with Crippen LogP contribution in [-0.4, -0.2) is 31.7 Å². The van der Waals surface area contributed by atoms with Crippen LogP contribution in [0.15, 0.2) is 48.5 Å². The number of aryl methyl sites for hydroxylation is 1. The third-order valence-corrected chi connectivity index (χ3v) is 7.34. The number of amides is 1. The molecule has 0 radical (unpaired) electrons. The molecule has 0 aliphatic carbocycles. The maximum absolute atomic E-state index is 12.8. The van der Waals surface area contributed by atoms with Crippen molar-refractivity contribution in [2.24, 2.45) is 5.92 Å². The monoisotopic (exact) mass is 414 g/mol. The van der Waals surface area contributed by atoms with Crippen molar-refractivity contribution in [3.63, 3.8) is 0 Å². The summed E-state index contributed by atoms with van der Waals surface area (Å²) < 4.78 is 27.1. The van der Waals surface area contributed by atoms with Crippen molar-refractivity contribution >= 4 is 21.6 Å². The number of sulfonamides is 1. The molecule has 156 valence electrons. The van der Waals surface area contributed by atoms with E-state index in [1.807, 2.05) is 55.5 Å². The minimum absolute atomic E-state index is 0.00725. The van der Waals surface area contributed by atoms with E-state index in [-0.39, 0.29) is 17.6 Å². The number of anilines is 1. The number of hydrogen-bond donors (Lipinski definition) is 1. The highest BCUT2D eigenvalue weighted by molar-refractivity contribution is 7.88. The summed E-state index contributed by atoms with van der Waals surface area (Å²) in [6, 6.07) is 15.4. The van der Waals surface area contributed by atoms with Crippen molar-refractivity contribution in [1.82, 2.24) is 4.31 Å². The zero-order valence-electron chi connectivity index (χ0n) is 17.4. The van der Waals surface area contributed by atoms with Crippen LogP contribution in [0.1, 0.15) is 49.3 Å². The van der Waals surface area contributed by atoms with Gasteiger partial charge >= 0.3 is 0 Å². The average Bonchev–Trinajstić information content (AvgIpc) is 2.68. The average molecular weight is 415 g/mol. The lowest BCUT2D eigenvalue weighted by atomic mass is 9.96. The van der Waals surface area contributed by atoms with Gasteiger partial charge in [0, 0.05) is 24.7 Å². The highest BCUT2D eigenvalue weighted by Crippen LogP contribution is 2.27. The van der Waals surface area contributed by atoms with Crippen molar-refractivity contribution in [3.8, 4) is 0 Å². The number of carbonyl (C=O) groups is 1. The Kier molecular flexibility index (Phi) is 6.75. The van der Waals surface area contributed by atoms with Crippen molar-refractivity contribution < 1.29 is 13.2 Å². The summed E-state index contributed by atoms with van der Waals surface area (Å²) in [7, 11) is -3.38. The topological polar surface area (TPSA) is 66.5 Å². The van der Waals surface area contributed by atoms with Gasteiger partial charge in [0.05, 0.1) is 5.75 Å². The van der Waals surface area contributed by atoms with Crippen LogP contribution in [0.3, 0.4) is 0 Å². The highest BCUT2D eigenvalue weighted by atomic mass is 32.2. The second kappa shape index (κ2) is 9.09. The molecule has 1 heterocycles. The molecule has 0 spiro atoms. The molecule has 5 nitrogen and oxygen atoms in total. The lowest BCUT2D eigenvalue weighted by Crippen LogP contribution is -2.42. The van der Waals surface area contributed by atoms with Gasteiger partial charge in [0.15, 0.2) is 0 Å². The fourth-order valence-corrected chi connectivity index (χ4v) is 5.40. The summed E-state index contributed by atoms with van der Waals surface area (Å²) in [6.07, 6.45) is 1.09. The largest absolute Gasteiger partial charge is 0.326 e. The van der Waals surface area contributed by atoms with Gasteiger partial charge in [-0.1, -0.05) is 61.9 Å². The van der Waals surface area contributed by atoms with E-state index < -0.39 is 10.0 Å². The normalized spacial score (nSPS) is 16.1. The van der Waals surface area contributed by atoms with Crippen LogP contribution < -0.4 is 5.32 Å². The van der Waals surface area contributed by atoms with E-state index in [9.17, 15) is 13.2 Å². The predicted molar refractivity (Wildman–Crippen MR) is 117 cm³/mol.